The van der Waals surface area contributed by atoms with Crippen LogP contribution in [0.2, 0.25) is 0 Å². The first-order valence-electron chi connectivity index (χ1n) is 8.17. The number of aromatic nitrogens is 2. The van der Waals surface area contributed by atoms with Gasteiger partial charge in [0, 0.05) is 33.4 Å². The Morgan fingerprint density at radius 2 is 2.09 bits per heavy atom. The first-order valence-corrected chi connectivity index (χ1v) is 8.17. The summed E-state index contributed by atoms with van der Waals surface area (Å²) in [6.07, 6.45) is 3.85. The number of hydrogen-bond acceptors (Lipinski definition) is 5. The average Bonchev–Trinajstić information content (AvgIpc) is 2.59. The molecule has 2 heterocycles. The smallest absolute Gasteiger partial charge is 0.227 e. The largest absolute Gasteiger partial charge is 0.494 e. The van der Waals surface area contributed by atoms with Crippen molar-refractivity contribution in [3.05, 3.63) is 41.6 Å². The van der Waals surface area contributed by atoms with Crippen molar-refractivity contribution in [3.63, 3.8) is 0 Å². The summed E-state index contributed by atoms with van der Waals surface area (Å²) in [5, 5.41) is 0. The normalized spacial score (nSPS) is 13.6. The van der Waals surface area contributed by atoms with Gasteiger partial charge >= 0.3 is 0 Å². The van der Waals surface area contributed by atoms with Crippen molar-refractivity contribution < 1.29 is 4.74 Å². The molecule has 1 aliphatic rings. The summed E-state index contributed by atoms with van der Waals surface area (Å²) in [5.41, 5.74) is 2.71. The summed E-state index contributed by atoms with van der Waals surface area (Å²) in [7, 11) is 3.99. The SMILES string of the molecule is CCCOc1ccc2c(c1)CCN(c1nccc(N(C)C)n1)C2. The van der Waals surface area contributed by atoms with E-state index in [1.54, 1.807) is 0 Å². The third-order valence-electron chi connectivity index (χ3n) is 4.03. The molecule has 0 amide bonds. The van der Waals surface area contributed by atoms with E-state index in [9.17, 15) is 0 Å². The highest BCUT2D eigenvalue weighted by Gasteiger charge is 2.19. The molecule has 0 bridgehead atoms. The summed E-state index contributed by atoms with van der Waals surface area (Å²) < 4.78 is 5.73. The molecule has 0 saturated carbocycles. The average molecular weight is 312 g/mol. The van der Waals surface area contributed by atoms with Gasteiger partial charge in [-0.05, 0) is 42.2 Å². The number of anilines is 2. The zero-order valence-corrected chi connectivity index (χ0v) is 14.1. The van der Waals surface area contributed by atoms with Gasteiger partial charge in [-0.15, -0.1) is 0 Å². The van der Waals surface area contributed by atoms with Gasteiger partial charge in [0.2, 0.25) is 5.95 Å². The van der Waals surface area contributed by atoms with E-state index in [-0.39, 0.29) is 0 Å². The molecular formula is C18H24N4O. The maximum atomic E-state index is 5.73. The molecule has 0 fully saturated rings. The van der Waals surface area contributed by atoms with Gasteiger partial charge in [-0.1, -0.05) is 13.0 Å². The van der Waals surface area contributed by atoms with Gasteiger partial charge in [-0.25, -0.2) is 4.98 Å². The predicted molar refractivity (Wildman–Crippen MR) is 93.3 cm³/mol. The molecule has 122 valence electrons. The highest BCUT2D eigenvalue weighted by Crippen LogP contribution is 2.26. The number of hydrogen-bond donors (Lipinski definition) is 0. The second-order valence-corrected chi connectivity index (χ2v) is 6.06. The minimum atomic E-state index is 0.774. The maximum Gasteiger partial charge on any atom is 0.227 e. The van der Waals surface area contributed by atoms with E-state index in [1.165, 1.54) is 11.1 Å². The van der Waals surface area contributed by atoms with Gasteiger partial charge in [0.05, 0.1) is 6.61 Å². The van der Waals surface area contributed by atoms with E-state index in [4.69, 9.17) is 4.74 Å². The van der Waals surface area contributed by atoms with Crippen molar-refractivity contribution in [2.75, 3.05) is 37.0 Å². The fraction of sp³-hybridized carbons (Fsp3) is 0.444. The lowest BCUT2D eigenvalue weighted by molar-refractivity contribution is 0.317. The standard InChI is InChI=1S/C18H24N4O/c1-4-11-23-16-6-5-15-13-22(10-8-14(15)12-16)18-19-9-7-17(20-18)21(2)3/h5-7,9,12H,4,8,10-11,13H2,1-3H3. The molecule has 0 atom stereocenters. The molecule has 0 radical (unpaired) electrons. The van der Waals surface area contributed by atoms with Gasteiger partial charge in [-0.2, -0.15) is 4.98 Å². The molecule has 0 unspecified atom stereocenters. The van der Waals surface area contributed by atoms with Crippen molar-refractivity contribution in [2.24, 2.45) is 0 Å². The number of fused-ring (bicyclic) bond motifs is 1. The van der Waals surface area contributed by atoms with Crippen molar-refractivity contribution in [2.45, 2.75) is 26.3 Å². The highest BCUT2D eigenvalue weighted by atomic mass is 16.5. The van der Waals surface area contributed by atoms with E-state index >= 15 is 0 Å². The molecule has 1 aliphatic heterocycles. The molecule has 0 aliphatic carbocycles. The van der Waals surface area contributed by atoms with Crippen LogP contribution in [0.4, 0.5) is 11.8 Å². The Morgan fingerprint density at radius 3 is 2.87 bits per heavy atom. The second kappa shape index (κ2) is 6.86. The van der Waals surface area contributed by atoms with Crippen LogP contribution in [0.15, 0.2) is 30.5 Å². The molecule has 2 aromatic rings. The van der Waals surface area contributed by atoms with Crippen LogP contribution in [-0.2, 0) is 13.0 Å². The van der Waals surface area contributed by atoms with Crippen LogP contribution in [-0.4, -0.2) is 37.2 Å². The van der Waals surface area contributed by atoms with Gasteiger partial charge in [0.1, 0.15) is 11.6 Å². The Morgan fingerprint density at radius 1 is 1.22 bits per heavy atom. The van der Waals surface area contributed by atoms with Gasteiger partial charge < -0.3 is 14.5 Å². The zero-order valence-electron chi connectivity index (χ0n) is 14.1. The Hall–Kier alpha value is -2.30. The minimum absolute atomic E-state index is 0.774. The lowest BCUT2D eigenvalue weighted by Gasteiger charge is -2.29. The van der Waals surface area contributed by atoms with Gasteiger partial charge in [-0.3, -0.25) is 0 Å². The van der Waals surface area contributed by atoms with Crippen molar-refractivity contribution >= 4 is 11.8 Å². The first kappa shape index (κ1) is 15.6. The number of ether oxygens (including phenoxy) is 1. The lowest BCUT2D eigenvalue weighted by Crippen LogP contribution is -2.32. The summed E-state index contributed by atoms with van der Waals surface area (Å²) in [6, 6.07) is 8.34. The fourth-order valence-electron chi connectivity index (χ4n) is 2.75. The number of benzene rings is 1. The molecule has 1 aromatic carbocycles. The number of nitrogens with zero attached hydrogens (tertiary/aromatic N) is 4. The van der Waals surface area contributed by atoms with Crippen LogP contribution in [0, 0.1) is 0 Å². The first-order chi connectivity index (χ1) is 11.2. The van der Waals surface area contributed by atoms with E-state index in [0.29, 0.717) is 0 Å². The van der Waals surface area contributed by atoms with Crippen LogP contribution >= 0.6 is 0 Å². The van der Waals surface area contributed by atoms with Gasteiger partial charge in [0.25, 0.3) is 0 Å². The fourth-order valence-corrected chi connectivity index (χ4v) is 2.75. The van der Waals surface area contributed by atoms with E-state index in [0.717, 1.165) is 50.1 Å². The highest BCUT2D eigenvalue weighted by molar-refractivity contribution is 5.46. The Balaban J connectivity index is 1.76. The molecule has 5 heteroatoms. The molecule has 23 heavy (non-hydrogen) atoms. The van der Waals surface area contributed by atoms with E-state index < -0.39 is 0 Å². The van der Waals surface area contributed by atoms with Crippen molar-refractivity contribution in [1.29, 1.82) is 0 Å². The van der Waals surface area contributed by atoms with Crippen LogP contribution in [0.3, 0.4) is 0 Å². The summed E-state index contributed by atoms with van der Waals surface area (Å²) in [5.74, 6) is 2.71. The maximum absolute atomic E-state index is 5.73. The third kappa shape index (κ3) is 3.55. The molecule has 3 rings (SSSR count). The summed E-state index contributed by atoms with van der Waals surface area (Å²) in [6.45, 7) is 4.68. The van der Waals surface area contributed by atoms with Gasteiger partial charge in [0.15, 0.2) is 0 Å². The quantitative estimate of drug-likeness (QED) is 0.849. The zero-order chi connectivity index (χ0) is 16.2. The minimum Gasteiger partial charge on any atom is -0.494 e. The van der Waals surface area contributed by atoms with Crippen molar-refractivity contribution in [1.82, 2.24) is 9.97 Å². The number of rotatable bonds is 5. The van der Waals surface area contributed by atoms with E-state index in [2.05, 4.69) is 40.0 Å². The van der Waals surface area contributed by atoms with Crippen LogP contribution < -0.4 is 14.5 Å². The Bertz CT molecular complexity index is 672. The predicted octanol–water partition coefficient (Wildman–Crippen LogP) is 2.89. The summed E-state index contributed by atoms with van der Waals surface area (Å²) in [4.78, 5) is 13.3. The molecule has 5 nitrogen and oxygen atoms in total. The molecule has 0 N–H and O–H groups in total. The second-order valence-electron chi connectivity index (χ2n) is 6.06. The van der Waals surface area contributed by atoms with Crippen LogP contribution in [0.1, 0.15) is 24.5 Å². The van der Waals surface area contributed by atoms with Crippen LogP contribution in [0.25, 0.3) is 0 Å². The summed E-state index contributed by atoms with van der Waals surface area (Å²) >= 11 is 0. The molecule has 0 spiro atoms. The lowest BCUT2D eigenvalue weighted by atomic mass is 10.00. The molecule has 0 saturated heterocycles. The monoisotopic (exact) mass is 312 g/mol. The van der Waals surface area contributed by atoms with Crippen molar-refractivity contribution in [3.8, 4) is 5.75 Å². The molecule has 1 aromatic heterocycles. The third-order valence-corrected chi connectivity index (χ3v) is 4.03. The topological polar surface area (TPSA) is 41.5 Å². The Kier molecular flexibility index (Phi) is 4.65. The van der Waals surface area contributed by atoms with E-state index in [1.807, 2.05) is 31.3 Å². The Labute approximate surface area is 137 Å². The molecular weight excluding hydrogens is 288 g/mol. The van der Waals surface area contributed by atoms with Crippen LogP contribution in [0.5, 0.6) is 5.75 Å².